The zero-order valence-electron chi connectivity index (χ0n) is 19.8. The highest BCUT2D eigenvalue weighted by Crippen LogP contribution is 2.43. The third kappa shape index (κ3) is 4.67. The Hall–Kier alpha value is -3.11. The van der Waals surface area contributed by atoms with Crippen molar-refractivity contribution in [3.05, 3.63) is 89.0 Å². The first-order valence-corrected chi connectivity index (χ1v) is 11.7. The number of carboxylic acids is 1. The summed E-state index contributed by atoms with van der Waals surface area (Å²) >= 11 is 0. The van der Waals surface area contributed by atoms with Gasteiger partial charge in [-0.1, -0.05) is 59.7 Å². The average Bonchev–Trinajstić information content (AvgIpc) is 2.83. The minimum Gasteiger partial charge on any atom is -0.497 e. The number of hydrogen-bond donors (Lipinski definition) is 1. The van der Waals surface area contributed by atoms with Crippen molar-refractivity contribution in [3.8, 4) is 5.75 Å². The van der Waals surface area contributed by atoms with E-state index in [0.29, 0.717) is 6.42 Å². The lowest BCUT2D eigenvalue weighted by Crippen LogP contribution is -2.38. The zero-order chi connectivity index (χ0) is 23.4. The topological polar surface area (TPSA) is 49.8 Å². The third-order valence-electron chi connectivity index (χ3n) is 6.86. The maximum Gasteiger partial charge on any atom is 0.318 e. The van der Waals surface area contributed by atoms with E-state index < -0.39 is 11.4 Å². The number of hydrogen-bond acceptors (Lipinski definition) is 3. The van der Waals surface area contributed by atoms with E-state index in [-0.39, 0.29) is 0 Å². The summed E-state index contributed by atoms with van der Waals surface area (Å²) in [6, 6.07) is 21.7. The van der Waals surface area contributed by atoms with E-state index in [0.717, 1.165) is 53.5 Å². The van der Waals surface area contributed by atoms with Crippen LogP contribution in [0.5, 0.6) is 5.75 Å². The fourth-order valence-corrected chi connectivity index (χ4v) is 5.17. The molecule has 0 heterocycles. The van der Waals surface area contributed by atoms with Crippen molar-refractivity contribution in [2.45, 2.75) is 37.5 Å². The number of methoxy groups -OCH3 is 1. The van der Waals surface area contributed by atoms with Gasteiger partial charge in [0, 0.05) is 6.54 Å². The Morgan fingerprint density at radius 3 is 2.24 bits per heavy atom. The van der Waals surface area contributed by atoms with Gasteiger partial charge in [-0.05, 0) is 86.3 Å². The van der Waals surface area contributed by atoms with Crippen LogP contribution < -0.4 is 4.74 Å². The van der Waals surface area contributed by atoms with Gasteiger partial charge < -0.3 is 14.7 Å². The number of fused-ring (bicyclic) bond motifs is 1. The van der Waals surface area contributed by atoms with Crippen LogP contribution in [0.1, 0.15) is 43.2 Å². The van der Waals surface area contributed by atoms with E-state index in [9.17, 15) is 9.90 Å². The van der Waals surface area contributed by atoms with Crippen molar-refractivity contribution < 1.29 is 14.6 Å². The second-order valence-electron chi connectivity index (χ2n) is 9.33. The maximum atomic E-state index is 13.2. The Morgan fingerprint density at radius 2 is 1.58 bits per heavy atom. The van der Waals surface area contributed by atoms with Crippen LogP contribution in [0.3, 0.4) is 0 Å². The smallest absolute Gasteiger partial charge is 0.318 e. The minimum absolute atomic E-state index is 0.497. The molecule has 1 unspecified atom stereocenters. The fourth-order valence-electron chi connectivity index (χ4n) is 5.17. The van der Waals surface area contributed by atoms with E-state index in [4.69, 9.17) is 4.74 Å². The molecule has 172 valence electrons. The van der Waals surface area contributed by atoms with Gasteiger partial charge in [0.2, 0.25) is 0 Å². The normalized spacial score (nSPS) is 16.1. The highest BCUT2D eigenvalue weighted by Gasteiger charge is 2.43. The van der Waals surface area contributed by atoms with Crippen LogP contribution >= 0.6 is 0 Å². The second-order valence-corrected chi connectivity index (χ2v) is 9.33. The number of allylic oxidation sites excluding steroid dienone is 1. The van der Waals surface area contributed by atoms with Gasteiger partial charge >= 0.3 is 5.97 Å². The Labute approximate surface area is 196 Å². The van der Waals surface area contributed by atoms with Gasteiger partial charge in [-0.3, -0.25) is 4.79 Å². The Bertz CT molecular complexity index is 1170. The Balaban J connectivity index is 1.91. The number of rotatable bonds is 8. The maximum absolute atomic E-state index is 13.2. The van der Waals surface area contributed by atoms with Gasteiger partial charge in [-0.25, -0.2) is 0 Å². The molecule has 0 saturated carbocycles. The third-order valence-corrected chi connectivity index (χ3v) is 6.86. The molecular weight excluding hydrogens is 410 g/mol. The van der Waals surface area contributed by atoms with Crippen molar-refractivity contribution in [1.29, 1.82) is 0 Å². The molecule has 0 amide bonds. The van der Waals surface area contributed by atoms with Crippen LogP contribution in [0.4, 0.5) is 0 Å². The molecule has 1 atom stereocenters. The quantitative estimate of drug-likeness (QED) is 0.431. The molecule has 0 spiro atoms. The van der Waals surface area contributed by atoms with Crippen LogP contribution in [0.2, 0.25) is 0 Å². The molecule has 4 heteroatoms. The fraction of sp³-hybridized carbons (Fsp3) is 0.345. The summed E-state index contributed by atoms with van der Waals surface area (Å²) < 4.78 is 5.37. The number of carbonyl (C=O) groups is 1. The predicted octanol–water partition coefficient (Wildman–Crippen LogP) is 6.04. The SMILES string of the molecule is COc1ccc2cc(C(CC3=C(CN(C)C)CCCC3)(C(=O)O)c3ccccc3)ccc2c1. The van der Waals surface area contributed by atoms with Crippen molar-refractivity contribution in [2.24, 2.45) is 0 Å². The van der Waals surface area contributed by atoms with Crippen LogP contribution in [-0.2, 0) is 10.2 Å². The number of carboxylic acid groups (broad SMARTS) is 1. The molecule has 3 aromatic carbocycles. The molecule has 1 N–H and O–H groups in total. The highest BCUT2D eigenvalue weighted by atomic mass is 16.5. The summed E-state index contributed by atoms with van der Waals surface area (Å²) in [6.45, 7) is 0.886. The van der Waals surface area contributed by atoms with Gasteiger partial charge in [0.15, 0.2) is 0 Å². The van der Waals surface area contributed by atoms with E-state index >= 15 is 0 Å². The standard InChI is InChI=1S/C29H33NO3/c1-30(2)20-24-10-8-7-9-23(24)19-29(28(31)32,25-11-5-4-6-12-25)26-15-13-22-18-27(33-3)16-14-21(22)17-26/h4-6,11-18H,7-10,19-20H2,1-3H3,(H,31,32). The van der Waals surface area contributed by atoms with Gasteiger partial charge in [0.05, 0.1) is 7.11 Å². The molecule has 0 fully saturated rings. The first-order valence-electron chi connectivity index (χ1n) is 11.7. The summed E-state index contributed by atoms with van der Waals surface area (Å²) in [5.41, 5.74) is 3.21. The summed E-state index contributed by atoms with van der Waals surface area (Å²) in [5, 5.41) is 12.9. The molecule has 0 saturated heterocycles. The summed E-state index contributed by atoms with van der Waals surface area (Å²) in [7, 11) is 5.82. The van der Waals surface area contributed by atoms with E-state index in [1.54, 1.807) is 7.11 Å². The monoisotopic (exact) mass is 443 g/mol. The van der Waals surface area contributed by atoms with Crippen LogP contribution in [-0.4, -0.2) is 43.7 Å². The molecule has 0 radical (unpaired) electrons. The minimum atomic E-state index is -1.14. The first kappa shape index (κ1) is 23.1. The van der Waals surface area contributed by atoms with Crippen LogP contribution in [0, 0.1) is 0 Å². The number of aliphatic carboxylic acids is 1. The van der Waals surface area contributed by atoms with Crippen LogP contribution in [0.15, 0.2) is 77.9 Å². The molecule has 4 rings (SSSR count). The summed E-state index contributed by atoms with van der Waals surface area (Å²) in [4.78, 5) is 15.4. The van der Waals surface area contributed by atoms with Crippen molar-refractivity contribution in [1.82, 2.24) is 4.90 Å². The largest absolute Gasteiger partial charge is 0.497 e. The molecule has 1 aliphatic carbocycles. The van der Waals surface area contributed by atoms with E-state index in [1.807, 2.05) is 66.7 Å². The lowest BCUT2D eigenvalue weighted by Gasteiger charge is -2.34. The van der Waals surface area contributed by atoms with Gasteiger partial charge in [0.1, 0.15) is 11.2 Å². The van der Waals surface area contributed by atoms with Crippen molar-refractivity contribution in [3.63, 3.8) is 0 Å². The number of likely N-dealkylation sites (N-methyl/N-ethyl adjacent to an activating group) is 1. The first-order chi connectivity index (χ1) is 15.9. The average molecular weight is 444 g/mol. The van der Waals surface area contributed by atoms with Crippen molar-refractivity contribution >= 4 is 16.7 Å². The molecule has 1 aliphatic rings. The number of ether oxygens (including phenoxy) is 1. The van der Waals surface area contributed by atoms with E-state index in [1.165, 1.54) is 17.6 Å². The molecule has 3 aromatic rings. The van der Waals surface area contributed by atoms with Gasteiger partial charge in [0.25, 0.3) is 0 Å². The predicted molar refractivity (Wildman–Crippen MR) is 134 cm³/mol. The van der Waals surface area contributed by atoms with Gasteiger partial charge in [-0.15, -0.1) is 0 Å². The summed E-state index contributed by atoms with van der Waals surface area (Å²) in [5.74, 6) is -0.00710. The molecule has 33 heavy (non-hydrogen) atoms. The molecule has 0 aliphatic heterocycles. The zero-order valence-corrected chi connectivity index (χ0v) is 19.8. The highest BCUT2D eigenvalue weighted by molar-refractivity contribution is 5.91. The lowest BCUT2D eigenvalue weighted by atomic mass is 9.68. The Morgan fingerprint density at radius 1 is 0.909 bits per heavy atom. The molecule has 4 nitrogen and oxygen atoms in total. The Kier molecular flexibility index (Phi) is 6.85. The van der Waals surface area contributed by atoms with Crippen LogP contribution in [0.25, 0.3) is 10.8 Å². The second kappa shape index (κ2) is 9.80. The van der Waals surface area contributed by atoms with Crippen molar-refractivity contribution in [2.75, 3.05) is 27.7 Å². The molecule has 0 bridgehead atoms. The lowest BCUT2D eigenvalue weighted by molar-refractivity contribution is -0.142. The molecular formula is C29H33NO3. The van der Waals surface area contributed by atoms with Gasteiger partial charge in [-0.2, -0.15) is 0 Å². The number of benzene rings is 3. The van der Waals surface area contributed by atoms with E-state index in [2.05, 4.69) is 19.0 Å². The number of nitrogens with zero attached hydrogens (tertiary/aromatic N) is 1. The molecule has 0 aromatic heterocycles. The summed E-state index contributed by atoms with van der Waals surface area (Å²) in [6.07, 6.45) is 4.81.